The maximum atomic E-state index is 13.5. The largest absolute Gasteiger partial charge is 0.464 e. The monoisotopic (exact) mass is 406 g/mol. The molecule has 2 aliphatic rings. The number of carbonyl (C=O) groups is 4. The molecular weight excluding hydrogens is 384 g/mol. The van der Waals surface area contributed by atoms with Gasteiger partial charge in [-0.2, -0.15) is 0 Å². The van der Waals surface area contributed by atoms with E-state index in [4.69, 9.17) is 0 Å². The summed E-state index contributed by atoms with van der Waals surface area (Å²) < 4.78 is 0. The number of hydrogen-bond donors (Lipinski definition) is 1. The summed E-state index contributed by atoms with van der Waals surface area (Å²) >= 11 is 0. The molecule has 4 rings (SSSR count). The van der Waals surface area contributed by atoms with Crippen LogP contribution < -0.4 is 4.90 Å². The first-order valence-electron chi connectivity index (χ1n) is 9.73. The van der Waals surface area contributed by atoms with E-state index in [9.17, 15) is 24.3 Å². The molecule has 1 N–H and O–H groups in total. The van der Waals surface area contributed by atoms with Gasteiger partial charge in [0.1, 0.15) is 0 Å². The number of fused-ring (bicyclic) bond motifs is 2. The maximum Gasteiger partial charge on any atom is 0.418 e. The van der Waals surface area contributed by atoms with E-state index in [-0.39, 0.29) is 13.0 Å². The molecule has 0 radical (unpaired) electrons. The van der Waals surface area contributed by atoms with E-state index in [0.29, 0.717) is 22.4 Å². The van der Waals surface area contributed by atoms with Crippen LogP contribution in [-0.2, 0) is 10.2 Å². The van der Waals surface area contributed by atoms with Crippen molar-refractivity contribution in [2.75, 3.05) is 11.4 Å². The molecule has 0 aromatic heterocycles. The van der Waals surface area contributed by atoms with E-state index in [1.807, 2.05) is 20.8 Å². The predicted molar refractivity (Wildman–Crippen MR) is 110 cm³/mol. The molecule has 7 heteroatoms. The molecule has 4 amide bonds. The smallest absolute Gasteiger partial charge is 0.418 e. The summed E-state index contributed by atoms with van der Waals surface area (Å²) in [5.41, 5.74) is -0.246. The van der Waals surface area contributed by atoms with Gasteiger partial charge in [0.15, 0.2) is 0 Å². The summed E-state index contributed by atoms with van der Waals surface area (Å²) in [6, 6.07) is 13.4. The van der Waals surface area contributed by atoms with Gasteiger partial charge in [0, 0.05) is 6.54 Å². The Morgan fingerprint density at radius 2 is 1.47 bits per heavy atom. The van der Waals surface area contributed by atoms with Gasteiger partial charge in [-0.05, 0) is 35.6 Å². The van der Waals surface area contributed by atoms with E-state index >= 15 is 0 Å². The van der Waals surface area contributed by atoms with Gasteiger partial charge < -0.3 is 5.11 Å². The highest BCUT2D eigenvalue weighted by Crippen LogP contribution is 2.54. The molecule has 30 heavy (non-hydrogen) atoms. The third-order valence-electron chi connectivity index (χ3n) is 6.23. The molecule has 0 saturated heterocycles. The first-order valence-corrected chi connectivity index (χ1v) is 9.73. The fourth-order valence-electron chi connectivity index (χ4n) is 4.70. The number of carbonyl (C=O) groups excluding carboxylic acids is 3. The fraction of sp³-hybridized carbons (Fsp3) is 0.304. The topological polar surface area (TPSA) is 95.0 Å². The first-order chi connectivity index (χ1) is 14.1. The number of hydrogen-bond acceptors (Lipinski definition) is 4. The minimum Gasteiger partial charge on any atom is -0.464 e. The molecule has 2 aromatic rings. The molecule has 154 valence electrons. The first kappa shape index (κ1) is 19.8. The summed E-state index contributed by atoms with van der Waals surface area (Å²) in [6.45, 7) is 5.62. The lowest BCUT2D eigenvalue weighted by molar-refractivity contribution is -0.127. The number of rotatable bonds is 3. The van der Waals surface area contributed by atoms with Gasteiger partial charge in [0.2, 0.25) is 5.91 Å². The van der Waals surface area contributed by atoms with Gasteiger partial charge in [-0.25, -0.2) is 9.69 Å². The van der Waals surface area contributed by atoms with Crippen molar-refractivity contribution < 1.29 is 24.3 Å². The average Bonchev–Trinajstić information content (AvgIpc) is 3.09. The molecule has 0 aliphatic carbocycles. The highest BCUT2D eigenvalue weighted by Gasteiger charge is 2.59. The Bertz CT molecular complexity index is 1070. The molecule has 0 bridgehead atoms. The van der Waals surface area contributed by atoms with Gasteiger partial charge in [-0.15, -0.1) is 0 Å². The third kappa shape index (κ3) is 2.51. The molecule has 1 unspecified atom stereocenters. The summed E-state index contributed by atoms with van der Waals surface area (Å²) in [5.74, 6) is -1.35. The second-order valence-electron chi connectivity index (χ2n) is 8.65. The molecule has 2 aromatic carbocycles. The van der Waals surface area contributed by atoms with Crippen LogP contribution in [0.4, 0.5) is 10.5 Å². The number of anilines is 1. The SMILES string of the molecule is CC(C)(C)C1(CCN2C(=O)c3ccccc3C2=O)C(=O)N(C(=O)O)c2ccccc21. The fourth-order valence-corrected chi connectivity index (χ4v) is 4.70. The van der Waals surface area contributed by atoms with Crippen LogP contribution in [0.25, 0.3) is 0 Å². The van der Waals surface area contributed by atoms with Crippen molar-refractivity contribution in [3.05, 3.63) is 65.2 Å². The van der Waals surface area contributed by atoms with Crippen LogP contribution in [0.2, 0.25) is 0 Å². The van der Waals surface area contributed by atoms with E-state index in [1.54, 1.807) is 48.5 Å². The van der Waals surface area contributed by atoms with Crippen LogP contribution in [0, 0.1) is 5.41 Å². The second-order valence-corrected chi connectivity index (χ2v) is 8.65. The number of amides is 4. The molecular formula is C23H22N2O5. The lowest BCUT2D eigenvalue weighted by Gasteiger charge is -2.41. The zero-order valence-corrected chi connectivity index (χ0v) is 17.0. The van der Waals surface area contributed by atoms with Gasteiger partial charge in [0.05, 0.1) is 22.2 Å². The lowest BCUT2D eigenvalue weighted by Crippen LogP contribution is -2.52. The van der Waals surface area contributed by atoms with Crippen LogP contribution in [0.15, 0.2) is 48.5 Å². The Morgan fingerprint density at radius 1 is 0.933 bits per heavy atom. The Kier molecular flexibility index (Phi) is 4.31. The van der Waals surface area contributed by atoms with Crippen molar-refractivity contribution in [1.82, 2.24) is 4.90 Å². The Labute approximate surface area is 173 Å². The van der Waals surface area contributed by atoms with Gasteiger partial charge in [0.25, 0.3) is 11.8 Å². The Morgan fingerprint density at radius 3 is 2.00 bits per heavy atom. The van der Waals surface area contributed by atoms with Crippen LogP contribution in [0.5, 0.6) is 0 Å². The van der Waals surface area contributed by atoms with Crippen molar-refractivity contribution >= 4 is 29.5 Å². The van der Waals surface area contributed by atoms with Crippen LogP contribution in [0.3, 0.4) is 0 Å². The second kappa shape index (κ2) is 6.52. The van der Waals surface area contributed by atoms with E-state index in [2.05, 4.69) is 0 Å². The number of imide groups is 2. The predicted octanol–water partition coefficient (Wildman–Crippen LogP) is 3.68. The number of nitrogens with zero attached hydrogens (tertiary/aromatic N) is 2. The van der Waals surface area contributed by atoms with Crippen LogP contribution in [-0.4, -0.2) is 40.4 Å². The Balaban J connectivity index is 1.76. The summed E-state index contributed by atoms with van der Waals surface area (Å²) in [7, 11) is 0. The molecule has 2 aliphatic heterocycles. The Hall–Kier alpha value is -3.48. The lowest BCUT2D eigenvalue weighted by atomic mass is 9.61. The van der Waals surface area contributed by atoms with E-state index in [0.717, 1.165) is 9.80 Å². The molecule has 1 atom stereocenters. The average molecular weight is 406 g/mol. The molecule has 0 spiro atoms. The van der Waals surface area contributed by atoms with Gasteiger partial charge >= 0.3 is 6.09 Å². The third-order valence-corrected chi connectivity index (χ3v) is 6.23. The standard InChI is InChI=1S/C23H22N2O5/c1-22(2,3)23(16-10-6-7-11-17(16)25(20(23)28)21(29)30)12-13-24-18(26)14-8-4-5-9-15(14)19(24)27/h4-11H,12-13H2,1-3H3,(H,29,30). The van der Waals surface area contributed by atoms with Gasteiger partial charge in [-0.1, -0.05) is 51.1 Å². The molecule has 0 fully saturated rings. The molecule has 7 nitrogen and oxygen atoms in total. The number of carboxylic acid groups (broad SMARTS) is 1. The van der Waals surface area contributed by atoms with Crippen molar-refractivity contribution in [1.29, 1.82) is 0 Å². The minimum absolute atomic E-state index is 0.0111. The quantitative estimate of drug-likeness (QED) is 0.785. The zero-order valence-electron chi connectivity index (χ0n) is 17.0. The summed E-state index contributed by atoms with van der Waals surface area (Å²) in [4.78, 5) is 52.9. The van der Waals surface area contributed by atoms with Crippen molar-refractivity contribution in [3.8, 4) is 0 Å². The normalized spacial score (nSPS) is 20.6. The van der Waals surface area contributed by atoms with Crippen molar-refractivity contribution in [3.63, 3.8) is 0 Å². The van der Waals surface area contributed by atoms with Crippen molar-refractivity contribution in [2.45, 2.75) is 32.6 Å². The molecule has 2 heterocycles. The highest BCUT2D eigenvalue weighted by atomic mass is 16.4. The van der Waals surface area contributed by atoms with Crippen LogP contribution >= 0.6 is 0 Å². The summed E-state index contributed by atoms with van der Waals surface area (Å²) in [5, 5.41) is 9.70. The highest BCUT2D eigenvalue weighted by molar-refractivity contribution is 6.22. The maximum absolute atomic E-state index is 13.5. The van der Waals surface area contributed by atoms with Gasteiger partial charge in [-0.3, -0.25) is 19.3 Å². The van der Waals surface area contributed by atoms with E-state index in [1.165, 1.54) is 0 Å². The molecule has 0 saturated carbocycles. The zero-order chi connectivity index (χ0) is 21.8. The number of para-hydroxylation sites is 1. The number of benzene rings is 2. The van der Waals surface area contributed by atoms with Crippen molar-refractivity contribution in [2.24, 2.45) is 5.41 Å². The summed E-state index contributed by atoms with van der Waals surface area (Å²) in [6.07, 6.45) is -1.22. The van der Waals surface area contributed by atoms with E-state index < -0.39 is 34.6 Å². The van der Waals surface area contributed by atoms with Crippen LogP contribution in [0.1, 0.15) is 53.5 Å². The minimum atomic E-state index is -1.35.